The molecule has 0 saturated carbocycles. The van der Waals surface area contributed by atoms with Crippen LogP contribution in [0.1, 0.15) is 32.3 Å². The molecule has 1 aliphatic rings. The van der Waals surface area contributed by atoms with Gasteiger partial charge >= 0.3 is 0 Å². The molecule has 0 unspecified atom stereocenters. The Kier molecular flexibility index (Phi) is 5.91. The lowest BCUT2D eigenvalue weighted by Crippen LogP contribution is -2.18. The number of nitrogens with one attached hydrogen (secondary N) is 2. The molecule has 18 heavy (non-hydrogen) atoms. The van der Waals surface area contributed by atoms with Gasteiger partial charge in [-0.25, -0.2) is 0 Å². The first-order valence-electron chi connectivity index (χ1n) is 6.31. The van der Waals surface area contributed by atoms with Gasteiger partial charge in [0.25, 0.3) is 0 Å². The van der Waals surface area contributed by atoms with Gasteiger partial charge in [0, 0.05) is 25.1 Å². The van der Waals surface area contributed by atoms with Crippen molar-refractivity contribution in [3.8, 4) is 0 Å². The van der Waals surface area contributed by atoms with Crippen molar-refractivity contribution in [1.29, 1.82) is 0 Å². The zero-order valence-electron chi connectivity index (χ0n) is 11.0. The van der Waals surface area contributed by atoms with E-state index in [1.165, 1.54) is 11.3 Å². The van der Waals surface area contributed by atoms with Gasteiger partial charge in [-0.15, -0.1) is 0 Å². The Morgan fingerprint density at radius 1 is 1.11 bits per heavy atom. The molecule has 2 amide bonds. The second kappa shape index (κ2) is 7.48. The predicted octanol–water partition coefficient (Wildman–Crippen LogP) is 2.10. The number of imide groups is 1. The molecule has 0 bridgehead atoms. The number of benzene rings is 1. The average molecular weight is 248 g/mol. The van der Waals surface area contributed by atoms with Crippen LogP contribution in [0.15, 0.2) is 24.3 Å². The van der Waals surface area contributed by atoms with Gasteiger partial charge in [0.15, 0.2) is 0 Å². The molecule has 1 aromatic carbocycles. The molecule has 1 fully saturated rings. The second-order valence-corrected chi connectivity index (χ2v) is 4.01. The number of hydrogen-bond acceptors (Lipinski definition) is 3. The van der Waals surface area contributed by atoms with Crippen LogP contribution in [0.3, 0.4) is 0 Å². The lowest BCUT2D eigenvalue weighted by molar-refractivity contribution is -0.124. The molecule has 2 rings (SSSR count). The van der Waals surface area contributed by atoms with Crippen molar-refractivity contribution in [2.45, 2.75) is 33.1 Å². The Morgan fingerprint density at radius 2 is 1.72 bits per heavy atom. The third-order valence-corrected chi connectivity index (χ3v) is 2.62. The van der Waals surface area contributed by atoms with Crippen molar-refractivity contribution >= 4 is 17.5 Å². The number of aryl methyl sites for hydroxylation is 1. The Balaban J connectivity index is 0.000000199. The number of amides is 2. The van der Waals surface area contributed by atoms with Gasteiger partial charge in [-0.2, -0.15) is 0 Å². The van der Waals surface area contributed by atoms with Crippen molar-refractivity contribution in [2.75, 3.05) is 11.9 Å². The number of para-hydroxylation sites is 1. The minimum atomic E-state index is -0.148. The normalized spacial score (nSPS) is 13.7. The highest BCUT2D eigenvalue weighted by molar-refractivity contribution is 6.01. The molecule has 4 heteroatoms. The van der Waals surface area contributed by atoms with Crippen molar-refractivity contribution < 1.29 is 9.59 Å². The van der Waals surface area contributed by atoms with E-state index in [0.717, 1.165) is 13.0 Å². The van der Waals surface area contributed by atoms with E-state index in [1.54, 1.807) is 0 Å². The summed E-state index contributed by atoms with van der Waals surface area (Å²) in [6.45, 7) is 5.29. The van der Waals surface area contributed by atoms with E-state index in [2.05, 4.69) is 48.7 Å². The summed E-state index contributed by atoms with van der Waals surface area (Å²) in [7, 11) is 0. The molecule has 0 spiro atoms. The molecule has 1 aromatic rings. The minimum absolute atomic E-state index is 0.148. The highest BCUT2D eigenvalue weighted by Gasteiger charge is 2.15. The molecule has 0 aliphatic carbocycles. The van der Waals surface area contributed by atoms with Crippen LogP contribution in [-0.4, -0.2) is 18.4 Å². The van der Waals surface area contributed by atoms with Crippen LogP contribution >= 0.6 is 0 Å². The molecular formula is C14H20N2O2. The fraction of sp³-hybridized carbons (Fsp3) is 0.429. The van der Waals surface area contributed by atoms with Gasteiger partial charge in [-0.05, 0) is 25.0 Å². The molecule has 98 valence electrons. The summed E-state index contributed by atoms with van der Waals surface area (Å²) in [6, 6.07) is 8.44. The second-order valence-electron chi connectivity index (χ2n) is 4.01. The number of hydrogen-bond donors (Lipinski definition) is 2. The highest BCUT2D eigenvalue weighted by Crippen LogP contribution is 2.14. The average Bonchev–Trinajstić information content (AvgIpc) is 2.75. The van der Waals surface area contributed by atoms with Crippen LogP contribution in [0.4, 0.5) is 5.69 Å². The predicted molar refractivity (Wildman–Crippen MR) is 72.4 cm³/mol. The number of carbonyl (C=O) groups is 2. The van der Waals surface area contributed by atoms with Crippen LogP contribution in [0, 0.1) is 0 Å². The van der Waals surface area contributed by atoms with E-state index in [1.807, 2.05) is 0 Å². The van der Waals surface area contributed by atoms with Crippen molar-refractivity contribution in [1.82, 2.24) is 5.32 Å². The standard InChI is InChI=1S/C10H15N.C4H5NO2/c1-3-9-7-5-6-8-10(9)11-4-2;6-3-1-2-4(7)5-3/h5-8,11H,3-4H2,1-2H3;1-2H2,(H,5,6,7). The molecular weight excluding hydrogens is 228 g/mol. The molecule has 1 heterocycles. The third-order valence-electron chi connectivity index (χ3n) is 2.62. The third kappa shape index (κ3) is 4.57. The summed E-state index contributed by atoms with van der Waals surface area (Å²) in [5, 5.41) is 5.47. The van der Waals surface area contributed by atoms with Crippen molar-refractivity contribution in [3.05, 3.63) is 29.8 Å². The first-order chi connectivity index (χ1) is 8.67. The van der Waals surface area contributed by atoms with Crippen LogP contribution < -0.4 is 10.6 Å². The van der Waals surface area contributed by atoms with Gasteiger partial charge in [0.05, 0.1) is 0 Å². The monoisotopic (exact) mass is 248 g/mol. The first kappa shape index (κ1) is 14.2. The number of carbonyl (C=O) groups excluding carboxylic acids is 2. The van der Waals surface area contributed by atoms with Crippen LogP contribution in [-0.2, 0) is 16.0 Å². The molecule has 0 atom stereocenters. The van der Waals surface area contributed by atoms with Gasteiger partial charge < -0.3 is 5.32 Å². The first-order valence-corrected chi connectivity index (χ1v) is 6.31. The molecule has 0 aromatic heterocycles. The fourth-order valence-electron chi connectivity index (χ4n) is 1.70. The van der Waals surface area contributed by atoms with Gasteiger partial charge in [-0.1, -0.05) is 25.1 Å². The van der Waals surface area contributed by atoms with E-state index < -0.39 is 0 Å². The SMILES string of the molecule is CCNc1ccccc1CC.O=C1CCC(=O)N1. The molecule has 1 saturated heterocycles. The van der Waals surface area contributed by atoms with Gasteiger partial charge in [0.2, 0.25) is 11.8 Å². The summed E-state index contributed by atoms with van der Waals surface area (Å²) in [5.74, 6) is -0.296. The highest BCUT2D eigenvalue weighted by atomic mass is 16.2. The quantitative estimate of drug-likeness (QED) is 0.805. The Labute approximate surface area is 108 Å². The van der Waals surface area contributed by atoms with E-state index in [-0.39, 0.29) is 11.8 Å². The summed E-state index contributed by atoms with van der Waals surface area (Å²) >= 11 is 0. The van der Waals surface area contributed by atoms with Crippen LogP contribution in [0.2, 0.25) is 0 Å². The lowest BCUT2D eigenvalue weighted by atomic mass is 10.1. The molecule has 1 aliphatic heterocycles. The van der Waals surface area contributed by atoms with E-state index >= 15 is 0 Å². The zero-order chi connectivity index (χ0) is 13.4. The smallest absolute Gasteiger partial charge is 0.227 e. The maximum atomic E-state index is 10.1. The van der Waals surface area contributed by atoms with Crippen LogP contribution in [0.25, 0.3) is 0 Å². The summed E-state index contributed by atoms with van der Waals surface area (Å²) < 4.78 is 0. The summed E-state index contributed by atoms with van der Waals surface area (Å²) in [5.41, 5.74) is 2.67. The Hall–Kier alpha value is -1.84. The van der Waals surface area contributed by atoms with E-state index in [0.29, 0.717) is 12.8 Å². The maximum Gasteiger partial charge on any atom is 0.227 e. The largest absolute Gasteiger partial charge is 0.385 e. The Bertz CT molecular complexity index is 402. The van der Waals surface area contributed by atoms with Gasteiger partial charge in [-0.3, -0.25) is 14.9 Å². The minimum Gasteiger partial charge on any atom is -0.385 e. The Morgan fingerprint density at radius 3 is 2.17 bits per heavy atom. The summed E-state index contributed by atoms with van der Waals surface area (Å²) in [4.78, 5) is 20.2. The fourth-order valence-corrected chi connectivity index (χ4v) is 1.70. The lowest BCUT2D eigenvalue weighted by Gasteiger charge is -2.07. The number of anilines is 1. The number of rotatable bonds is 3. The maximum absolute atomic E-state index is 10.1. The van der Waals surface area contributed by atoms with Crippen molar-refractivity contribution in [3.63, 3.8) is 0 Å². The zero-order valence-corrected chi connectivity index (χ0v) is 11.0. The molecule has 2 N–H and O–H groups in total. The van der Waals surface area contributed by atoms with Crippen molar-refractivity contribution in [2.24, 2.45) is 0 Å². The summed E-state index contributed by atoms with van der Waals surface area (Å²) in [6.07, 6.45) is 1.85. The topological polar surface area (TPSA) is 58.2 Å². The van der Waals surface area contributed by atoms with Gasteiger partial charge in [0.1, 0.15) is 0 Å². The molecule has 4 nitrogen and oxygen atoms in total. The molecule has 0 radical (unpaired) electrons. The van der Waals surface area contributed by atoms with E-state index in [9.17, 15) is 9.59 Å². The van der Waals surface area contributed by atoms with Crippen LogP contribution in [0.5, 0.6) is 0 Å². The van der Waals surface area contributed by atoms with E-state index in [4.69, 9.17) is 0 Å².